The summed E-state index contributed by atoms with van der Waals surface area (Å²) in [7, 11) is 1.61. The fraction of sp³-hybridized carbons (Fsp3) is 0.273. The topological polar surface area (TPSA) is 41.0 Å². The summed E-state index contributed by atoms with van der Waals surface area (Å²) in [5.74, 6) is 1.05. The van der Waals surface area contributed by atoms with Crippen LogP contribution in [0.4, 0.5) is 5.82 Å². The van der Waals surface area contributed by atoms with Crippen LogP contribution in [0.2, 0.25) is 0 Å². The molecule has 0 aliphatic carbocycles. The quantitative estimate of drug-likeness (QED) is 0.516. The summed E-state index contributed by atoms with van der Waals surface area (Å²) in [6.07, 6.45) is 1.85. The summed E-state index contributed by atoms with van der Waals surface area (Å²) in [5, 5.41) is 6.78. The van der Waals surface area contributed by atoms with E-state index in [1.807, 2.05) is 18.3 Å². The highest BCUT2D eigenvalue weighted by Gasteiger charge is 2.20. The van der Waals surface area contributed by atoms with Gasteiger partial charge in [0.1, 0.15) is 18.6 Å². The van der Waals surface area contributed by atoms with E-state index in [4.69, 9.17) is 4.84 Å². The smallest absolute Gasteiger partial charge is 0.128 e. The first-order valence-corrected chi connectivity index (χ1v) is 9.31. The number of hydrogen-bond acceptors (Lipinski definition) is 5. The highest BCUT2D eigenvalue weighted by atomic mass is 16.6. The molecule has 0 N–H and O–H groups in total. The van der Waals surface area contributed by atoms with Crippen LogP contribution in [0.1, 0.15) is 5.56 Å². The largest absolute Gasteiger partial charge is 0.399 e. The van der Waals surface area contributed by atoms with E-state index < -0.39 is 0 Å². The van der Waals surface area contributed by atoms with Crippen molar-refractivity contribution in [1.82, 2.24) is 9.88 Å². The molecule has 1 saturated heterocycles. The van der Waals surface area contributed by atoms with Gasteiger partial charge in [0, 0.05) is 44.5 Å². The van der Waals surface area contributed by atoms with Crippen molar-refractivity contribution < 1.29 is 4.84 Å². The normalized spacial score (nSPS) is 15.9. The number of fused-ring (bicyclic) bond motifs is 1. The van der Waals surface area contributed by atoms with Gasteiger partial charge in [0.2, 0.25) is 0 Å². The standard InChI is InChI=1S/C22H24N4O/c1-27-24-21(20-10-9-18-6-2-3-7-19(18)16-20)17-25-12-14-26(15-13-25)22-8-4-5-11-23-22/h2-11,16H,12-15,17H2,1H3. The number of anilines is 1. The molecular weight excluding hydrogens is 336 g/mol. The first-order chi connectivity index (χ1) is 13.3. The van der Waals surface area contributed by atoms with Gasteiger partial charge in [0.15, 0.2) is 0 Å². The first-order valence-electron chi connectivity index (χ1n) is 9.31. The Morgan fingerprint density at radius 2 is 1.74 bits per heavy atom. The second kappa shape index (κ2) is 8.18. The highest BCUT2D eigenvalue weighted by Crippen LogP contribution is 2.18. The molecule has 0 radical (unpaired) electrons. The number of benzene rings is 2. The van der Waals surface area contributed by atoms with E-state index in [1.165, 1.54) is 10.8 Å². The van der Waals surface area contributed by atoms with Gasteiger partial charge in [-0.2, -0.15) is 0 Å². The Morgan fingerprint density at radius 1 is 0.963 bits per heavy atom. The van der Waals surface area contributed by atoms with Crippen LogP contribution in [0.5, 0.6) is 0 Å². The Hall–Kier alpha value is -2.92. The molecule has 0 spiro atoms. The SMILES string of the molecule is CON=C(CN1CCN(c2ccccn2)CC1)c1ccc2ccccc2c1. The zero-order chi connectivity index (χ0) is 18.5. The Balaban J connectivity index is 1.45. The molecule has 1 aromatic heterocycles. The molecule has 2 aromatic carbocycles. The first kappa shape index (κ1) is 17.5. The van der Waals surface area contributed by atoms with Crippen LogP contribution < -0.4 is 4.90 Å². The van der Waals surface area contributed by atoms with Crippen molar-refractivity contribution in [3.63, 3.8) is 0 Å². The molecule has 1 aliphatic rings. The molecular formula is C22H24N4O. The van der Waals surface area contributed by atoms with Gasteiger partial charge in [-0.3, -0.25) is 4.90 Å². The number of pyridine rings is 1. The van der Waals surface area contributed by atoms with Crippen molar-refractivity contribution in [3.8, 4) is 0 Å². The van der Waals surface area contributed by atoms with E-state index in [0.717, 1.165) is 49.8 Å². The molecule has 0 unspecified atom stereocenters. The highest BCUT2D eigenvalue weighted by molar-refractivity contribution is 6.04. The number of piperazine rings is 1. The van der Waals surface area contributed by atoms with Crippen LogP contribution in [0, 0.1) is 0 Å². The summed E-state index contributed by atoms with van der Waals surface area (Å²) in [6, 6.07) is 20.9. The van der Waals surface area contributed by atoms with Crippen LogP contribution in [-0.2, 0) is 4.84 Å². The molecule has 2 heterocycles. The monoisotopic (exact) mass is 360 g/mol. The van der Waals surface area contributed by atoms with Gasteiger partial charge in [-0.15, -0.1) is 0 Å². The second-order valence-corrected chi connectivity index (χ2v) is 6.73. The molecule has 0 saturated carbocycles. The molecule has 5 heteroatoms. The van der Waals surface area contributed by atoms with Gasteiger partial charge < -0.3 is 9.74 Å². The second-order valence-electron chi connectivity index (χ2n) is 6.73. The van der Waals surface area contributed by atoms with E-state index in [-0.39, 0.29) is 0 Å². The third-order valence-corrected chi connectivity index (χ3v) is 5.00. The van der Waals surface area contributed by atoms with Crippen molar-refractivity contribution >= 4 is 22.3 Å². The summed E-state index contributed by atoms with van der Waals surface area (Å²) >= 11 is 0. The third kappa shape index (κ3) is 4.09. The van der Waals surface area contributed by atoms with Gasteiger partial charge in [0.25, 0.3) is 0 Å². The number of aromatic nitrogens is 1. The summed E-state index contributed by atoms with van der Waals surface area (Å²) < 4.78 is 0. The van der Waals surface area contributed by atoms with Crippen LogP contribution in [0.15, 0.2) is 72.0 Å². The lowest BCUT2D eigenvalue weighted by molar-refractivity contribution is 0.209. The van der Waals surface area contributed by atoms with Gasteiger partial charge >= 0.3 is 0 Å². The molecule has 138 valence electrons. The molecule has 1 aliphatic heterocycles. The minimum atomic E-state index is 0.780. The van der Waals surface area contributed by atoms with Crippen LogP contribution >= 0.6 is 0 Å². The summed E-state index contributed by atoms with van der Waals surface area (Å²) in [6.45, 7) is 4.67. The zero-order valence-electron chi connectivity index (χ0n) is 15.6. The molecule has 0 bridgehead atoms. The predicted octanol–water partition coefficient (Wildman–Crippen LogP) is 3.41. The minimum absolute atomic E-state index is 0.780. The molecule has 4 rings (SSSR count). The Labute approximate surface area is 159 Å². The predicted molar refractivity (Wildman–Crippen MR) is 110 cm³/mol. The molecule has 27 heavy (non-hydrogen) atoms. The molecule has 0 atom stereocenters. The van der Waals surface area contributed by atoms with Crippen LogP contribution in [0.3, 0.4) is 0 Å². The Kier molecular flexibility index (Phi) is 5.30. The lowest BCUT2D eigenvalue weighted by Gasteiger charge is -2.35. The van der Waals surface area contributed by atoms with Gasteiger partial charge in [-0.1, -0.05) is 47.6 Å². The van der Waals surface area contributed by atoms with E-state index >= 15 is 0 Å². The van der Waals surface area contributed by atoms with E-state index in [0.29, 0.717) is 0 Å². The van der Waals surface area contributed by atoms with Crippen molar-refractivity contribution in [1.29, 1.82) is 0 Å². The fourth-order valence-electron chi connectivity index (χ4n) is 3.54. The zero-order valence-corrected chi connectivity index (χ0v) is 15.6. The Morgan fingerprint density at radius 3 is 2.48 bits per heavy atom. The lowest BCUT2D eigenvalue weighted by atomic mass is 10.0. The van der Waals surface area contributed by atoms with E-state index in [2.05, 4.69) is 68.5 Å². The number of rotatable bonds is 5. The molecule has 5 nitrogen and oxygen atoms in total. The van der Waals surface area contributed by atoms with E-state index in [9.17, 15) is 0 Å². The third-order valence-electron chi connectivity index (χ3n) is 5.00. The number of hydrogen-bond donors (Lipinski definition) is 0. The van der Waals surface area contributed by atoms with Crippen molar-refractivity contribution in [2.24, 2.45) is 5.16 Å². The van der Waals surface area contributed by atoms with Crippen LogP contribution in [0.25, 0.3) is 10.8 Å². The van der Waals surface area contributed by atoms with Crippen molar-refractivity contribution in [2.75, 3.05) is 44.7 Å². The van der Waals surface area contributed by atoms with Gasteiger partial charge in [-0.05, 0) is 29.0 Å². The molecule has 3 aromatic rings. The number of oxime groups is 1. The number of nitrogens with zero attached hydrogens (tertiary/aromatic N) is 4. The average molecular weight is 360 g/mol. The molecule has 0 amide bonds. The lowest BCUT2D eigenvalue weighted by Crippen LogP contribution is -2.48. The van der Waals surface area contributed by atoms with Crippen molar-refractivity contribution in [3.05, 3.63) is 72.4 Å². The average Bonchev–Trinajstić information content (AvgIpc) is 2.74. The summed E-state index contributed by atoms with van der Waals surface area (Å²) in [5.41, 5.74) is 2.08. The summed E-state index contributed by atoms with van der Waals surface area (Å²) in [4.78, 5) is 14.4. The van der Waals surface area contributed by atoms with E-state index in [1.54, 1.807) is 7.11 Å². The van der Waals surface area contributed by atoms with Gasteiger partial charge in [0.05, 0.1) is 0 Å². The van der Waals surface area contributed by atoms with Crippen molar-refractivity contribution in [2.45, 2.75) is 0 Å². The van der Waals surface area contributed by atoms with Gasteiger partial charge in [-0.25, -0.2) is 4.98 Å². The maximum absolute atomic E-state index is 5.14. The minimum Gasteiger partial charge on any atom is -0.399 e. The maximum atomic E-state index is 5.14. The molecule has 1 fully saturated rings. The Bertz CT molecular complexity index is 918. The maximum Gasteiger partial charge on any atom is 0.128 e. The van der Waals surface area contributed by atoms with Crippen LogP contribution in [-0.4, -0.2) is 55.4 Å². The fourth-order valence-corrected chi connectivity index (χ4v) is 3.54.